The molecule has 2 aromatic rings. The van der Waals surface area contributed by atoms with Crippen molar-refractivity contribution in [2.45, 2.75) is 12.5 Å². The zero-order chi connectivity index (χ0) is 14.7. The zero-order valence-electron chi connectivity index (χ0n) is 10.4. The highest BCUT2D eigenvalue weighted by atomic mass is 35.5. The Bertz CT molecular complexity index is 639. The third-order valence-electron chi connectivity index (χ3n) is 2.93. The molecular weight excluding hydrogens is 305 g/mol. The van der Waals surface area contributed by atoms with Gasteiger partial charge < -0.3 is 20.5 Å². The number of hydrogen-bond donors (Lipinski definition) is 3. The highest BCUT2D eigenvalue weighted by molar-refractivity contribution is 6.56. The number of hydrogen-bond acceptors (Lipinski definition) is 6. The number of nitrogens with two attached hydrogens (primary N) is 1. The van der Waals surface area contributed by atoms with Gasteiger partial charge in [0.25, 0.3) is 0 Å². The molecule has 0 spiro atoms. The molecule has 0 bridgehead atoms. The third-order valence-corrected chi connectivity index (χ3v) is 3.47. The fourth-order valence-corrected chi connectivity index (χ4v) is 2.15. The smallest absolute Gasteiger partial charge is 0.165 e. The van der Waals surface area contributed by atoms with Gasteiger partial charge in [0.2, 0.25) is 0 Å². The number of nitrogens with zero attached hydrogens (tertiary/aromatic N) is 4. The summed E-state index contributed by atoms with van der Waals surface area (Å²) in [5, 5.41) is 18.8. The van der Waals surface area contributed by atoms with Gasteiger partial charge in [-0.25, -0.2) is 15.0 Å². The molecule has 108 valence electrons. The number of imidazole rings is 1. The Hall–Kier alpha value is -1.41. The summed E-state index contributed by atoms with van der Waals surface area (Å²) in [5.74, 6) is 0.263. The van der Waals surface area contributed by atoms with Crippen LogP contribution in [0.1, 0.15) is 12.5 Å². The van der Waals surface area contributed by atoms with Crippen LogP contribution in [0.15, 0.2) is 22.7 Å². The van der Waals surface area contributed by atoms with E-state index in [-0.39, 0.29) is 29.9 Å². The predicted octanol–water partition coefficient (Wildman–Crippen LogP) is 1.01. The fourth-order valence-electron chi connectivity index (χ4n) is 1.87. The van der Waals surface area contributed by atoms with Crippen molar-refractivity contribution in [3.63, 3.8) is 0 Å². The van der Waals surface area contributed by atoms with E-state index in [1.54, 1.807) is 4.57 Å². The van der Waals surface area contributed by atoms with Gasteiger partial charge in [0.05, 0.1) is 25.6 Å². The molecule has 0 saturated heterocycles. The summed E-state index contributed by atoms with van der Waals surface area (Å²) in [6.45, 7) is -0.484. The first-order valence-electron chi connectivity index (χ1n) is 5.76. The molecular formula is C11H13Cl2N5O2. The first-order chi connectivity index (χ1) is 9.58. The molecule has 0 aliphatic carbocycles. The van der Waals surface area contributed by atoms with Gasteiger partial charge in [-0.2, -0.15) is 0 Å². The van der Waals surface area contributed by atoms with Crippen LogP contribution < -0.4 is 5.73 Å². The highest BCUT2D eigenvalue weighted by Crippen LogP contribution is 2.26. The largest absolute Gasteiger partial charge is 0.394 e. The lowest BCUT2D eigenvalue weighted by molar-refractivity contribution is 0.223. The second-order valence-electron chi connectivity index (χ2n) is 4.15. The van der Waals surface area contributed by atoms with Crippen molar-refractivity contribution in [2.75, 3.05) is 18.9 Å². The molecule has 0 aromatic carbocycles. The van der Waals surface area contributed by atoms with E-state index in [4.69, 9.17) is 28.9 Å². The average molecular weight is 318 g/mol. The Morgan fingerprint density at radius 2 is 2.05 bits per heavy atom. The lowest BCUT2D eigenvalue weighted by atomic mass is 10.1. The van der Waals surface area contributed by atoms with E-state index in [0.29, 0.717) is 16.7 Å². The van der Waals surface area contributed by atoms with Crippen LogP contribution in [0.2, 0.25) is 0 Å². The van der Waals surface area contributed by atoms with Crippen LogP contribution in [0.4, 0.5) is 5.82 Å². The Morgan fingerprint density at radius 1 is 1.30 bits per heavy atom. The molecule has 0 aliphatic heterocycles. The Balaban J connectivity index is 2.40. The lowest BCUT2D eigenvalue weighted by Gasteiger charge is -2.17. The molecule has 0 saturated carbocycles. The maximum Gasteiger partial charge on any atom is 0.165 e. The van der Waals surface area contributed by atoms with Gasteiger partial charge in [0.15, 0.2) is 11.5 Å². The summed E-state index contributed by atoms with van der Waals surface area (Å²) in [4.78, 5) is 12.1. The van der Waals surface area contributed by atoms with E-state index in [2.05, 4.69) is 15.0 Å². The van der Waals surface area contributed by atoms with Crippen LogP contribution >= 0.6 is 23.2 Å². The van der Waals surface area contributed by atoms with Crippen molar-refractivity contribution in [3.8, 4) is 0 Å². The van der Waals surface area contributed by atoms with Gasteiger partial charge in [-0.05, 0) is 12.0 Å². The first-order valence-corrected chi connectivity index (χ1v) is 6.51. The second kappa shape index (κ2) is 6.36. The normalized spacial score (nSPS) is 12.6. The molecule has 0 radical (unpaired) electrons. The molecule has 20 heavy (non-hydrogen) atoms. The summed E-state index contributed by atoms with van der Waals surface area (Å²) in [6.07, 6.45) is 3.10. The fraction of sp³-hybridized carbons (Fsp3) is 0.364. The maximum absolute atomic E-state index is 9.54. The third kappa shape index (κ3) is 2.85. The van der Waals surface area contributed by atoms with Crippen LogP contribution in [0, 0.1) is 0 Å². The zero-order valence-corrected chi connectivity index (χ0v) is 11.9. The molecule has 0 fully saturated rings. The molecule has 2 heterocycles. The SMILES string of the molecule is Nc1ncnc2c1ncn2C(CO)CC(CO)=C(Cl)Cl. The number of aromatic nitrogens is 4. The van der Waals surface area contributed by atoms with E-state index in [1.165, 1.54) is 12.7 Å². The van der Waals surface area contributed by atoms with Crippen LogP contribution in [0.3, 0.4) is 0 Å². The van der Waals surface area contributed by atoms with Gasteiger partial charge in [-0.15, -0.1) is 0 Å². The second-order valence-corrected chi connectivity index (χ2v) is 5.09. The van der Waals surface area contributed by atoms with Gasteiger partial charge in [0, 0.05) is 0 Å². The van der Waals surface area contributed by atoms with E-state index in [1.807, 2.05) is 0 Å². The minimum absolute atomic E-state index is 0.00971. The van der Waals surface area contributed by atoms with Gasteiger partial charge in [-0.3, -0.25) is 0 Å². The number of aliphatic hydroxyl groups is 2. The monoisotopic (exact) mass is 317 g/mol. The van der Waals surface area contributed by atoms with Crippen LogP contribution in [0.25, 0.3) is 11.2 Å². The number of rotatable bonds is 5. The quantitative estimate of drug-likeness (QED) is 0.759. The van der Waals surface area contributed by atoms with Gasteiger partial charge >= 0.3 is 0 Å². The number of halogens is 2. The van der Waals surface area contributed by atoms with Crippen molar-refractivity contribution in [1.29, 1.82) is 0 Å². The molecule has 9 heteroatoms. The summed E-state index contributed by atoms with van der Waals surface area (Å²) < 4.78 is 1.64. The highest BCUT2D eigenvalue weighted by Gasteiger charge is 2.18. The maximum atomic E-state index is 9.54. The molecule has 7 nitrogen and oxygen atoms in total. The Labute approximate surface area is 124 Å². The molecule has 0 amide bonds. The molecule has 1 unspecified atom stereocenters. The van der Waals surface area contributed by atoms with Crippen LogP contribution in [0.5, 0.6) is 0 Å². The minimum atomic E-state index is -0.413. The molecule has 0 aliphatic rings. The van der Waals surface area contributed by atoms with Gasteiger partial charge in [-0.1, -0.05) is 23.2 Å². The van der Waals surface area contributed by atoms with Crippen molar-refractivity contribution in [1.82, 2.24) is 19.5 Å². The Morgan fingerprint density at radius 3 is 2.65 bits per heavy atom. The van der Waals surface area contributed by atoms with Crippen molar-refractivity contribution >= 4 is 40.2 Å². The average Bonchev–Trinajstić information content (AvgIpc) is 2.85. The molecule has 1 atom stereocenters. The van der Waals surface area contributed by atoms with Crippen molar-refractivity contribution in [3.05, 3.63) is 22.7 Å². The van der Waals surface area contributed by atoms with E-state index in [9.17, 15) is 10.2 Å². The molecule has 2 aromatic heterocycles. The summed E-state index contributed by atoms with van der Waals surface area (Å²) in [5.41, 5.74) is 7.09. The minimum Gasteiger partial charge on any atom is -0.394 e. The summed E-state index contributed by atoms with van der Waals surface area (Å²) >= 11 is 11.4. The molecule has 4 N–H and O–H groups in total. The van der Waals surface area contributed by atoms with Gasteiger partial charge in [0.1, 0.15) is 16.3 Å². The number of nitrogen functional groups attached to an aromatic ring is 1. The standard InChI is InChI=1S/C11H13Cl2N5O2/c12-9(13)6(2-19)1-7(3-20)18-5-17-8-10(14)15-4-16-11(8)18/h4-5,7,19-20H,1-3H2,(H2,14,15,16). The predicted molar refractivity (Wildman–Crippen MR) is 76.3 cm³/mol. The van der Waals surface area contributed by atoms with Crippen molar-refractivity contribution < 1.29 is 10.2 Å². The summed E-state index contributed by atoms with van der Waals surface area (Å²) in [6, 6.07) is -0.413. The number of fused-ring (bicyclic) bond motifs is 1. The van der Waals surface area contributed by atoms with Crippen LogP contribution in [-0.4, -0.2) is 42.9 Å². The van der Waals surface area contributed by atoms with E-state index >= 15 is 0 Å². The topological polar surface area (TPSA) is 110 Å². The number of aliphatic hydroxyl groups excluding tert-OH is 2. The van der Waals surface area contributed by atoms with E-state index in [0.717, 1.165) is 0 Å². The Kier molecular flexibility index (Phi) is 4.77. The molecule has 2 rings (SSSR count). The van der Waals surface area contributed by atoms with E-state index < -0.39 is 6.04 Å². The first kappa shape index (κ1) is 15.0. The summed E-state index contributed by atoms with van der Waals surface area (Å²) in [7, 11) is 0. The number of anilines is 1. The van der Waals surface area contributed by atoms with Crippen LogP contribution in [-0.2, 0) is 0 Å². The lowest BCUT2D eigenvalue weighted by Crippen LogP contribution is -2.15. The van der Waals surface area contributed by atoms with Crippen molar-refractivity contribution in [2.24, 2.45) is 0 Å².